The molecule has 2 unspecified atom stereocenters. The van der Waals surface area contributed by atoms with E-state index in [2.05, 4.69) is 33.4 Å². The molecule has 0 amide bonds. The van der Waals surface area contributed by atoms with Crippen LogP contribution in [0.2, 0.25) is 0 Å². The highest BCUT2D eigenvalue weighted by molar-refractivity contribution is 5.71. The van der Waals surface area contributed by atoms with Crippen molar-refractivity contribution in [2.75, 3.05) is 0 Å². The Morgan fingerprint density at radius 2 is 2.19 bits per heavy atom. The summed E-state index contributed by atoms with van der Waals surface area (Å²) in [5, 5.41) is 0. The lowest BCUT2D eigenvalue weighted by atomic mass is 9.60. The maximum absolute atomic E-state index is 10.6. The molecule has 0 aliphatic heterocycles. The van der Waals surface area contributed by atoms with Crippen molar-refractivity contribution in [2.24, 2.45) is 17.3 Å². The van der Waals surface area contributed by atoms with Crippen molar-refractivity contribution >= 4 is 6.29 Å². The lowest BCUT2D eigenvalue weighted by Gasteiger charge is -2.45. The fraction of sp³-hybridized carbons (Fsp3) is 0.667. The number of rotatable bonds is 3. The minimum Gasteiger partial charge on any atom is -0.298 e. The Bertz CT molecular complexity index is 309. The van der Waals surface area contributed by atoms with Crippen LogP contribution in [0, 0.1) is 17.3 Å². The normalized spacial score (nSPS) is 30.2. The third-order valence-corrected chi connectivity index (χ3v) is 4.42. The second-order valence-corrected chi connectivity index (χ2v) is 5.77. The highest BCUT2D eigenvalue weighted by atomic mass is 16.1. The molecule has 1 aliphatic rings. The van der Waals surface area contributed by atoms with Gasteiger partial charge in [0.25, 0.3) is 0 Å². The number of allylic oxidation sites excluding steroid dienone is 3. The SMILES string of the molecule is C=C1CCC(C)C(C)(C)C1CC=C(C)C=O. The summed E-state index contributed by atoms with van der Waals surface area (Å²) in [6.45, 7) is 13.1. The van der Waals surface area contributed by atoms with Gasteiger partial charge in [0.15, 0.2) is 0 Å². The summed E-state index contributed by atoms with van der Waals surface area (Å²) in [5.74, 6) is 1.25. The molecule has 16 heavy (non-hydrogen) atoms. The molecule has 0 spiro atoms. The van der Waals surface area contributed by atoms with Crippen LogP contribution in [0.4, 0.5) is 0 Å². The summed E-state index contributed by atoms with van der Waals surface area (Å²) in [4.78, 5) is 10.6. The van der Waals surface area contributed by atoms with E-state index in [-0.39, 0.29) is 0 Å². The fourth-order valence-corrected chi connectivity index (χ4v) is 2.64. The van der Waals surface area contributed by atoms with Gasteiger partial charge in [0.1, 0.15) is 6.29 Å². The number of carbonyl (C=O) groups excluding carboxylic acids is 1. The molecule has 0 aromatic carbocycles. The van der Waals surface area contributed by atoms with Crippen molar-refractivity contribution in [3.05, 3.63) is 23.8 Å². The van der Waals surface area contributed by atoms with Crippen LogP contribution in [0.3, 0.4) is 0 Å². The second-order valence-electron chi connectivity index (χ2n) is 5.77. The first-order valence-corrected chi connectivity index (χ1v) is 6.19. The first-order chi connectivity index (χ1) is 7.39. The molecule has 0 aromatic rings. The Kier molecular flexibility index (Phi) is 4.12. The van der Waals surface area contributed by atoms with E-state index >= 15 is 0 Å². The summed E-state index contributed by atoms with van der Waals surface area (Å²) in [6.07, 6.45) is 6.34. The molecule has 90 valence electrons. The van der Waals surface area contributed by atoms with Crippen molar-refractivity contribution in [2.45, 2.75) is 47.0 Å². The molecule has 1 rings (SSSR count). The maximum atomic E-state index is 10.6. The van der Waals surface area contributed by atoms with E-state index in [4.69, 9.17) is 0 Å². The van der Waals surface area contributed by atoms with Gasteiger partial charge in [-0.1, -0.05) is 39.0 Å². The minimum atomic E-state index is 0.301. The lowest BCUT2D eigenvalue weighted by molar-refractivity contribution is -0.104. The topological polar surface area (TPSA) is 17.1 Å². The average molecular weight is 220 g/mol. The standard InChI is InChI=1S/C15H24O/c1-11(10-16)6-9-14-12(2)7-8-13(3)15(14,4)5/h6,10,13-14H,2,7-9H2,1,3-5H3. The third-order valence-electron chi connectivity index (χ3n) is 4.42. The van der Waals surface area contributed by atoms with Gasteiger partial charge in [-0.25, -0.2) is 0 Å². The molecule has 0 bridgehead atoms. The van der Waals surface area contributed by atoms with Crippen LogP contribution in [-0.4, -0.2) is 6.29 Å². The first kappa shape index (κ1) is 13.2. The predicted octanol–water partition coefficient (Wildman–Crippen LogP) is 4.15. The quantitative estimate of drug-likeness (QED) is 0.397. The molecule has 1 fully saturated rings. The maximum Gasteiger partial charge on any atom is 0.145 e. The molecule has 1 heteroatoms. The molecule has 0 N–H and O–H groups in total. The minimum absolute atomic E-state index is 0.301. The van der Waals surface area contributed by atoms with Crippen LogP contribution in [0.1, 0.15) is 47.0 Å². The smallest absolute Gasteiger partial charge is 0.145 e. The number of carbonyl (C=O) groups is 1. The molecule has 0 aromatic heterocycles. The summed E-state index contributed by atoms with van der Waals surface area (Å²) >= 11 is 0. The predicted molar refractivity (Wildman–Crippen MR) is 69.2 cm³/mol. The molecule has 1 saturated carbocycles. The van der Waals surface area contributed by atoms with Crippen molar-refractivity contribution < 1.29 is 4.79 Å². The summed E-state index contributed by atoms with van der Waals surface area (Å²) in [7, 11) is 0. The van der Waals surface area contributed by atoms with Crippen molar-refractivity contribution in [1.82, 2.24) is 0 Å². The Morgan fingerprint density at radius 1 is 1.56 bits per heavy atom. The second kappa shape index (κ2) is 4.99. The Labute approximate surface area is 99.6 Å². The van der Waals surface area contributed by atoms with Crippen LogP contribution in [-0.2, 0) is 4.79 Å². The molecular formula is C15H24O. The first-order valence-electron chi connectivity index (χ1n) is 6.19. The van der Waals surface area contributed by atoms with Crippen LogP contribution >= 0.6 is 0 Å². The largest absolute Gasteiger partial charge is 0.298 e. The van der Waals surface area contributed by atoms with Gasteiger partial charge in [0, 0.05) is 0 Å². The molecule has 1 aliphatic carbocycles. The van der Waals surface area contributed by atoms with Crippen LogP contribution < -0.4 is 0 Å². The zero-order chi connectivity index (χ0) is 12.3. The van der Waals surface area contributed by atoms with Gasteiger partial charge in [-0.2, -0.15) is 0 Å². The Balaban J connectivity index is 2.82. The van der Waals surface area contributed by atoms with Crippen LogP contribution in [0.15, 0.2) is 23.8 Å². The number of aldehydes is 1. The summed E-state index contributed by atoms with van der Waals surface area (Å²) < 4.78 is 0. The van der Waals surface area contributed by atoms with E-state index in [0.717, 1.165) is 30.6 Å². The Hall–Kier alpha value is -0.850. The summed E-state index contributed by atoms with van der Waals surface area (Å²) in [6, 6.07) is 0. The van der Waals surface area contributed by atoms with Gasteiger partial charge in [-0.05, 0) is 49.0 Å². The van der Waals surface area contributed by atoms with Crippen molar-refractivity contribution in [3.63, 3.8) is 0 Å². The van der Waals surface area contributed by atoms with Crippen LogP contribution in [0.5, 0.6) is 0 Å². The van der Waals surface area contributed by atoms with Gasteiger partial charge in [-0.3, -0.25) is 4.79 Å². The van der Waals surface area contributed by atoms with E-state index in [1.54, 1.807) is 0 Å². The zero-order valence-electron chi connectivity index (χ0n) is 11.0. The van der Waals surface area contributed by atoms with E-state index in [1.165, 1.54) is 12.0 Å². The van der Waals surface area contributed by atoms with Crippen LogP contribution in [0.25, 0.3) is 0 Å². The number of hydrogen-bond acceptors (Lipinski definition) is 1. The van der Waals surface area contributed by atoms with Crippen molar-refractivity contribution in [3.8, 4) is 0 Å². The highest BCUT2D eigenvalue weighted by Crippen LogP contribution is 2.48. The molecule has 1 nitrogen and oxygen atoms in total. The highest BCUT2D eigenvalue weighted by Gasteiger charge is 2.38. The van der Waals surface area contributed by atoms with Gasteiger partial charge >= 0.3 is 0 Å². The fourth-order valence-electron chi connectivity index (χ4n) is 2.64. The molecule has 0 radical (unpaired) electrons. The lowest BCUT2D eigenvalue weighted by Crippen LogP contribution is -2.35. The van der Waals surface area contributed by atoms with Gasteiger partial charge in [0.2, 0.25) is 0 Å². The monoisotopic (exact) mass is 220 g/mol. The number of hydrogen-bond donors (Lipinski definition) is 0. The van der Waals surface area contributed by atoms with Gasteiger partial charge in [-0.15, -0.1) is 0 Å². The Morgan fingerprint density at radius 3 is 2.75 bits per heavy atom. The zero-order valence-corrected chi connectivity index (χ0v) is 11.0. The molecule has 0 heterocycles. The van der Waals surface area contributed by atoms with Crippen molar-refractivity contribution in [1.29, 1.82) is 0 Å². The average Bonchev–Trinajstić information content (AvgIpc) is 2.23. The van der Waals surface area contributed by atoms with E-state index in [0.29, 0.717) is 11.3 Å². The van der Waals surface area contributed by atoms with E-state index < -0.39 is 0 Å². The van der Waals surface area contributed by atoms with Gasteiger partial charge < -0.3 is 0 Å². The summed E-state index contributed by atoms with van der Waals surface area (Å²) in [5.41, 5.74) is 2.49. The van der Waals surface area contributed by atoms with Gasteiger partial charge in [0.05, 0.1) is 0 Å². The molecule has 0 saturated heterocycles. The third kappa shape index (κ3) is 2.63. The molecule has 2 atom stereocenters. The van der Waals surface area contributed by atoms with E-state index in [1.807, 2.05) is 6.92 Å². The molecular weight excluding hydrogens is 196 g/mol. The van der Waals surface area contributed by atoms with E-state index in [9.17, 15) is 4.79 Å².